The molecule has 1 aliphatic carbocycles. The molecule has 1 rings (SSSR count). The van der Waals surface area contributed by atoms with Crippen molar-refractivity contribution in [1.29, 1.82) is 0 Å². The Hall–Kier alpha value is 0.0400. The zero-order chi connectivity index (χ0) is 12.9. The first-order valence-electron chi connectivity index (χ1n) is 6.14. The van der Waals surface area contributed by atoms with Crippen LogP contribution in [-0.4, -0.2) is 22.7 Å². The minimum atomic E-state index is 0.218. The van der Waals surface area contributed by atoms with Crippen molar-refractivity contribution in [2.24, 2.45) is 17.3 Å². The quantitative estimate of drug-likeness (QED) is 0.718. The monoisotopic (exact) mass is 274 g/mol. The van der Waals surface area contributed by atoms with E-state index in [9.17, 15) is 9.59 Å². The number of carbonyl (C=O) groups is 2. The van der Waals surface area contributed by atoms with Gasteiger partial charge in [-0.25, -0.2) is 0 Å². The largest absolute Gasteiger partial charge is 0.303 e. The van der Waals surface area contributed by atoms with Gasteiger partial charge in [-0.1, -0.05) is 37.4 Å². The van der Waals surface area contributed by atoms with Crippen molar-refractivity contribution in [1.82, 2.24) is 0 Å². The molecule has 0 N–H and O–H groups in total. The smallest absolute Gasteiger partial charge is 0.245 e. The van der Waals surface area contributed by atoms with Crippen LogP contribution in [0.25, 0.3) is 0 Å². The van der Waals surface area contributed by atoms with Gasteiger partial charge in [-0.05, 0) is 42.8 Å². The van der Waals surface area contributed by atoms with Crippen LogP contribution in [0.4, 0.5) is 4.79 Å². The van der Waals surface area contributed by atoms with Crippen LogP contribution in [0.5, 0.6) is 0 Å². The van der Waals surface area contributed by atoms with Gasteiger partial charge in [0.2, 0.25) is 4.45 Å². The Labute approximate surface area is 113 Å². The molecule has 2 nitrogen and oxygen atoms in total. The van der Waals surface area contributed by atoms with Gasteiger partial charge in [-0.2, -0.15) is 0 Å². The first-order chi connectivity index (χ1) is 7.99. The van der Waals surface area contributed by atoms with E-state index in [1.807, 2.05) is 6.26 Å². The molecule has 0 aromatic rings. The van der Waals surface area contributed by atoms with E-state index in [2.05, 4.69) is 13.8 Å². The fourth-order valence-corrected chi connectivity index (χ4v) is 4.34. The Kier molecular flexibility index (Phi) is 6.07. The molecule has 0 heterocycles. The summed E-state index contributed by atoms with van der Waals surface area (Å²) >= 11 is 2.75. The van der Waals surface area contributed by atoms with Gasteiger partial charge in [0.25, 0.3) is 0 Å². The maximum absolute atomic E-state index is 11.3. The third kappa shape index (κ3) is 4.66. The Bertz CT molecular complexity index is 277. The second-order valence-electron chi connectivity index (χ2n) is 5.50. The second kappa shape index (κ2) is 6.83. The number of hydrogen-bond donors (Lipinski definition) is 0. The molecule has 0 bridgehead atoms. The lowest BCUT2D eigenvalue weighted by molar-refractivity contribution is -0.109. The van der Waals surface area contributed by atoms with Gasteiger partial charge in [0.1, 0.15) is 6.29 Å². The molecule has 0 aliphatic heterocycles. The topological polar surface area (TPSA) is 34.1 Å². The van der Waals surface area contributed by atoms with E-state index in [0.717, 1.165) is 31.3 Å². The van der Waals surface area contributed by atoms with Crippen molar-refractivity contribution in [3.05, 3.63) is 0 Å². The zero-order valence-corrected chi connectivity index (χ0v) is 12.5. The lowest BCUT2D eigenvalue weighted by Gasteiger charge is -2.42. The van der Waals surface area contributed by atoms with E-state index < -0.39 is 0 Å². The van der Waals surface area contributed by atoms with Crippen molar-refractivity contribution in [3.63, 3.8) is 0 Å². The van der Waals surface area contributed by atoms with Crippen LogP contribution in [0.15, 0.2) is 0 Å². The van der Waals surface area contributed by atoms with Gasteiger partial charge in [0.05, 0.1) is 0 Å². The summed E-state index contributed by atoms with van der Waals surface area (Å²) in [6.07, 6.45) is 6.99. The van der Waals surface area contributed by atoms with Crippen LogP contribution in [0, 0.1) is 17.3 Å². The van der Waals surface area contributed by atoms with Gasteiger partial charge in [-0.15, -0.1) is 0 Å². The normalized spacial score (nSPS) is 27.7. The summed E-state index contributed by atoms with van der Waals surface area (Å²) in [5.74, 6) is 2.09. The molecular weight excluding hydrogens is 252 g/mol. The highest BCUT2D eigenvalue weighted by molar-refractivity contribution is 8.38. The summed E-state index contributed by atoms with van der Waals surface area (Å²) in [5, 5.41) is 0. The van der Waals surface area contributed by atoms with Gasteiger partial charge in [0.15, 0.2) is 0 Å². The van der Waals surface area contributed by atoms with Gasteiger partial charge in [-0.3, -0.25) is 4.79 Å². The minimum absolute atomic E-state index is 0.218. The third-order valence-electron chi connectivity index (χ3n) is 3.84. The van der Waals surface area contributed by atoms with Gasteiger partial charge in [0, 0.05) is 12.2 Å². The summed E-state index contributed by atoms with van der Waals surface area (Å²) in [4.78, 5) is 21.9. The molecule has 0 aromatic heterocycles. The molecule has 1 fully saturated rings. The standard InChI is InChI=1S/C13H22O2S2/c1-13(2)8-10(6-7-14)4-5-11(13)9-17-12(15)16-3/h7,10-11H,4-6,8-9H2,1-3H3. The van der Waals surface area contributed by atoms with Gasteiger partial charge >= 0.3 is 0 Å². The van der Waals surface area contributed by atoms with E-state index in [1.54, 1.807) is 0 Å². The average molecular weight is 274 g/mol. The first-order valence-corrected chi connectivity index (χ1v) is 8.35. The number of thioether (sulfide) groups is 2. The van der Waals surface area contributed by atoms with Crippen molar-refractivity contribution < 1.29 is 9.59 Å². The van der Waals surface area contributed by atoms with Crippen LogP contribution in [0.1, 0.15) is 39.5 Å². The van der Waals surface area contributed by atoms with Crippen LogP contribution >= 0.6 is 23.5 Å². The highest BCUT2D eigenvalue weighted by atomic mass is 32.2. The van der Waals surface area contributed by atoms with E-state index in [0.29, 0.717) is 18.3 Å². The maximum atomic E-state index is 11.3. The Morgan fingerprint density at radius 2 is 2.12 bits per heavy atom. The summed E-state index contributed by atoms with van der Waals surface area (Å²) < 4.78 is 0.218. The summed E-state index contributed by atoms with van der Waals surface area (Å²) in [6, 6.07) is 0. The molecule has 0 spiro atoms. The lowest BCUT2D eigenvalue weighted by atomic mass is 9.65. The Morgan fingerprint density at radius 1 is 1.41 bits per heavy atom. The third-order valence-corrected chi connectivity index (χ3v) is 5.83. The predicted molar refractivity (Wildman–Crippen MR) is 76.7 cm³/mol. The Morgan fingerprint density at radius 3 is 2.65 bits per heavy atom. The highest BCUT2D eigenvalue weighted by Gasteiger charge is 2.36. The predicted octanol–water partition coefficient (Wildman–Crippen LogP) is 4.23. The average Bonchev–Trinajstić information content (AvgIpc) is 2.27. The van der Waals surface area contributed by atoms with Crippen LogP contribution < -0.4 is 0 Å². The molecule has 4 heteroatoms. The number of aldehydes is 1. The fourth-order valence-electron chi connectivity index (χ4n) is 2.71. The molecule has 0 saturated heterocycles. The van der Waals surface area contributed by atoms with Crippen LogP contribution in [-0.2, 0) is 4.79 Å². The maximum Gasteiger partial charge on any atom is 0.245 e. The van der Waals surface area contributed by atoms with E-state index in [1.165, 1.54) is 23.5 Å². The van der Waals surface area contributed by atoms with Crippen molar-refractivity contribution in [3.8, 4) is 0 Å². The number of carbonyl (C=O) groups excluding carboxylic acids is 2. The zero-order valence-electron chi connectivity index (χ0n) is 10.9. The molecule has 0 radical (unpaired) electrons. The molecule has 2 unspecified atom stereocenters. The highest BCUT2D eigenvalue weighted by Crippen LogP contribution is 2.45. The van der Waals surface area contributed by atoms with Crippen molar-refractivity contribution in [2.75, 3.05) is 12.0 Å². The number of rotatable bonds is 4. The molecule has 17 heavy (non-hydrogen) atoms. The van der Waals surface area contributed by atoms with Gasteiger partial charge < -0.3 is 4.79 Å². The lowest BCUT2D eigenvalue weighted by Crippen LogP contribution is -2.34. The van der Waals surface area contributed by atoms with Crippen molar-refractivity contribution >= 4 is 34.3 Å². The molecule has 2 atom stereocenters. The van der Waals surface area contributed by atoms with E-state index in [-0.39, 0.29) is 9.86 Å². The molecule has 0 aromatic carbocycles. The number of hydrogen-bond acceptors (Lipinski definition) is 4. The summed E-state index contributed by atoms with van der Waals surface area (Å²) in [6.45, 7) is 4.55. The SMILES string of the molecule is CSC(=O)SCC1CCC(CC=O)CC1(C)C. The molecule has 1 saturated carbocycles. The second-order valence-corrected chi connectivity index (χ2v) is 7.53. The summed E-state index contributed by atoms with van der Waals surface area (Å²) in [7, 11) is 0. The van der Waals surface area contributed by atoms with Crippen LogP contribution in [0.2, 0.25) is 0 Å². The fraction of sp³-hybridized carbons (Fsp3) is 0.846. The molecule has 0 amide bonds. The van der Waals surface area contributed by atoms with E-state index in [4.69, 9.17) is 0 Å². The van der Waals surface area contributed by atoms with Crippen LogP contribution in [0.3, 0.4) is 0 Å². The molecule has 1 aliphatic rings. The molecule has 98 valence electrons. The first kappa shape index (κ1) is 15.1. The molecular formula is C13H22O2S2. The summed E-state index contributed by atoms with van der Waals surface area (Å²) in [5.41, 5.74) is 0.262. The Balaban J connectivity index is 2.46. The van der Waals surface area contributed by atoms with E-state index >= 15 is 0 Å². The minimum Gasteiger partial charge on any atom is -0.303 e. The van der Waals surface area contributed by atoms with Crippen molar-refractivity contribution in [2.45, 2.75) is 39.5 Å².